The van der Waals surface area contributed by atoms with Crippen LogP contribution in [0.1, 0.15) is 45.9 Å². The molecule has 8 heteroatoms. The molecular weight excluding hydrogens is 447 g/mol. The van der Waals surface area contributed by atoms with Gasteiger partial charge in [-0.2, -0.15) is 0 Å². The molecule has 0 unspecified atom stereocenters. The summed E-state index contributed by atoms with van der Waals surface area (Å²) in [6.07, 6.45) is 6.56. The molecule has 1 saturated heterocycles. The summed E-state index contributed by atoms with van der Waals surface area (Å²) in [4.78, 5) is 7.17. The van der Waals surface area contributed by atoms with Gasteiger partial charge >= 0.3 is 0 Å². The molecular formula is C17H33IN6S. The zero-order valence-electron chi connectivity index (χ0n) is 16.0. The third kappa shape index (κ3) is 6.96. The molecule has 0 bridgehead atoms. The minimum Gasteiger partial charge on any atom is -0.357 e. The zero-order valence-corrected chi connectivity index (χ0v) is 19.1. The van der Waals surface area contributed by atoms with E-state index in [1.165, 1.54) is 12.8 Å². The fourth-order valence-electron chi connectivity index (χ4n) is 2.98. The average molecular weight is 480 g/mol. The number of aliphatic imine (C=N–C) groups is 1. The van der Waals surface area contributed by atoms with Crippen LogP contribution in [0.5, 0.6) is 0 Å². The smallest absolute Gasteiger partial charge is 0.193 e. The summed E-state index contributed by atoms with van der Waals surface area (Å²) in [5, 5.41) is 13.1. The van der Waals surface area contributed by atoms with Gasteiger partial charge in [-0.25, -0.2) is 0 Å². The number of halogens is 1. The van der Waals surface area contributed by atoms with Crippen LogP contribution in [0.25, 0.3) is 0 Å². The van der Waals surface area contributed by atoms with Crippen molar-refractivity contribution in [3.8, 4) is 0 Å². The van der Waals surface area contributed by atoms with Crippen molar-refractivity contribution in [1.29, 1.82) is 0 Å². The Hall–Kier alpha value is -0.510. The molecule has 1 aliphatic rings. The highest BCUT2D eigenvalue weighted by molar-refractivity contribution is 14.0. The van der Waals surface area contributed by atoms with E-state index in [9.17, 15) is 0 Å². The number of aryl methyl sites for hydroxylation is 1. The normalized spacial score (nSPS) is 14.9. The Kier molecular flexibility index (Phi) is 10.8. The third-order valence-electron chi connectivity index (χ3n) is 4.08. The van der Waals surface area contributed by atoms with Gasteiger partial charge in [-0.3, -0.25) is 4.99 Å². The van der Waals surface area contributed by atoms with Gasteiger partial charge in [-0.15, -0.1) is 34.2 Å². The average Bonchev–Trinajstić information content (AvgIpc) is 3.20. The molecule has 25 heavy (non-hydrogen) atoms. The highest BCUT2D eigenvalue weighted by atomic mass is 127. The lowest BCUT2D eigenvalue weighted by Crippen LogP contribution is -2.39. The third-order valence-corrected chi connectivity index (χ3v) is 4.75. The van der Waals surface area contributed by atoms with Crippen molar-refractivity contribution in [2.24, 2.45) is 10.9 Å². The summed E-state index contributed by atoms with van der Waals surface area (Å²) >= 11 is 1.67. The predicted octanol–water partition coefficient (Wildman–Crippen LogP) is 3.27. The van der Waals surface area contributed by atoms with Gasteiger partial charge in [-0.05, 0) is 38.4 Å². The number of likely N-dealkylation sites (tertiary alicyclic amines) is 1. The van der Waals surface area contributed by atoms with Crippen LogP contribution in [0.3, 0.4) is 0 Å². The van der Waals surface area contributed by atoms with Crippen LogP contribution in [-0.2, 0) is 13.0 Å². The number of hydrogen-bond donors (Lipinski definition) is 1. The molecule has 1 aromatic rings. The number of hydrogen-bond acceptors (Lipinski definition) is 4. The SMILES string of the molecule is CCNC(=NCCCc1nnc(SC)n1CC(C)C)N1CCCC1.I. The first-order chi connectivity index (χ1) is 11.7. The topological polar surface area (TPSA) is 58.3 Å². The molecule has 0 saturated carbocycles. The van der Waals surface area contributed by atoms with E-state index >= 15 is 0 Å². The summed E-state index contributed by atoms with van der Waals surface area (Å²) in [6.45, 7) is 11.6. The molecule has 0 aromatic carbocycles. The van der Waals surface area contributed by atoms with Crippen LogP contribution < -0.4 is 5.32 Å². The first-order valence-corrected chi connectivity index (χ1v) is 10.4. The molecule has 0 radical (unpaired) electrons. The van der Waals surface area contributed by atoms with Crippen molar-refractivity contribution in [2.75, 3.05) is 32.4 Å². The first kappa shape index (κ1) is 22.5. The molecule has 2 rings (SSSR count). The van der Waals surface area contributed by atoms with Crippen LogP contribution in [-0.4, -0.2) is 58.1 Å². The highest BCUT2D eigenvalue weighted by Gasteiger charge is 2.15. The lowest BCUT2D eigenvalue weighted by molar-refractivity contribution is 0.476. The molecule has 1 aliphatic heterocycles. The van der Waals surface area contributed by atoms with E-state index in [1.807, 2.05) is 0 Å². The zero-order chi connectivity index (χ0) is 17.4. The first-order valence-electron chi connectivity index (χ1n) is 9.15. The van der Waals surface area contributed by atoms with Gasteiger partial charge in [0.1, 0.15) is 5.82 Å². The maximum absolute atomic E-state index is 4.80. The van der Waals surface area contributed by atoms with Crippen molar-refractivity contribution < 1.29 is 0 Å². The number of rotatable bonds is 8. The van der Waals surface area contributed by atoms with Crippen molar-refractivity contribution >= 4 is 41.7 Å². The summed E-state index contributed by atoms with van der Waals surface area (Å²) in [6, 6.07) is 0. The second kappa shape index (κ2) is 12.0. The largest absolute Gasteiger partial charge is 0.357 e. The van der Waals surface area contributed by atoms with E-state index in [0.717, 1.165) is 62.5 Å². The Morgan fingerprint density at radius 1 is 1.28 bits per heavy atom. The van der Waals surface area contributed by atoms with Crippen LogP contribution in [0, 0.1) is 5.92 Å². The van der Waals surface area contributed by atoms with E-state index in [2.05, 4.69) is 52.0 Å². The van der Waals surface area contributed by atoms with E-state index in [1.54, 1.807) is 11.8 Å². The molecule has 1 aromatic heterocycles. The molecule has 0 spiro atoms. The highest BCUT2D eigenvalue weighted by Crippen LogP contribution is 2.17. The van der Waals surface area contributed by atoms with Crippen LogP contribution in [0.2, 0.25) is 0 Å². The predicted molar refractivity (Wildman–Crippen MR) is 117 cm³/mol. The Morgan fingerprint density at radius 2 is 2.00 bits per heavy atom. The lowest BCUT2D eigenvalue weighted by Gasteiger charge is -2.20. The van der Waals surface area contributed by atoms with Crippen molar-refractivity contribution in [3.63, 3.8) is 0 Å². The Labute approximate surface area is 173 Å². The van der Waals surface area contributed by atoms with Gasteiger partial charge < -0.3 is 14.8 Å². The van der Waals surface area contributed by atoms with E-state index in [-0.39, 0.29) is 24.0 Å². The van der Waals surface area contributed by atoms with Gasteiger partial charge in [0.15, 0.2) is 11.1 Å². The number of nitrogens with zero attached hydrogens (tertiary/aromatic N) is 5. The van der Waals surface area contributed by atoms with E-state index in [4.69, 9.17) is 4.99 Å². The van der Waals surface area contributed by atoms with Crippen LogP contribution in [0.4, 0.5) is 0 Å². The second-order valence-electron chi connectivity index (χ2n) is 6.64. The Morgan fingerprint density at radius 3 is 2.60 bits per heavy atom. The van der Waals surface area contributed by atoms with Gasteiger partial charge in [0.25, 0.3) is 0 Å². The molecule has 1 fully saturated rings. The van der Waals surface area contributed by atoms with Gasteiger partial charge in [0.2, 0.25) is 0 Å². The fraction of sp³-hybridized carbons (Fsp3) is 0.824. The number of thioether (sulfide) groups is 1. The summed E-state index contributed by atoms with van der Waals surface area (Å²) in [5.74, 6) is 2.76. The summed E-state index contributed by atoms with van der Waals surface area (Å²) in [5.41, 5.74) is 0. The molecule has 1 N–H and O–H groups in total. The van der Waals surface area contributed by atoms with Crippen molar-refractivity contribution in [1.82, 2.24) is 25.0 Å². The van der Waals surface area contributed by atoms with Crippen molar-refractivity contribution in [2.45, 2.75) is 58.2 Å². The number of guanidine groups is 1. The molecule has 144 valence electrons. The molecule has 2 heterocycles. The Bertz CT molecular complexity index is 525. The molecule has 0 amide bonds. The second-order valence-corrected chi connectivity index (χ2v) is 7.41. The summed E-state index contributed by atoms with van der Waals surface area (Å²) in [7, 11) is 0. The van der Waals surface area contributed by atoms with Gasteiger partial charge in [0, 0.05) is 39.1 Å². The minimum absolute atomic E-state index is 0. The fourth-order valence-corrected chi connectivity index (χ4v) is 3.50. The monoisotopic (exact) mass is 480 g/mol. The van der Waals surface area contributed by atoms with Crippen LogP contribution >= 0.6 is 35.7 Å². The van der Waals surface area contributed by atoms with Gasteiger partial charge in [-0.1, -0.05) is 25.6 Å². The van der Waals surface area contributed by atoms with Crippen LogP contribution in [0.15, 0.2) is 10.1 Å². The van der Waals surface area contributed by atoms with E-state index in [0.29, 0.717) is 5.92 Å². The molecule has 0 atom stereocenters. The Balaban J connectivity index is 0.00000312. The van der Waals surface area contributed by atoms with Gasteiger partial charge in [0.05, 0.1) is 0 Å². The maximum Gasteiger partial charge on any atom is 0.193 e. The minimum atomic E-state index is 0. The van der Waals surface area contributed by atoms with E-state index < -0.39 is 0 Å². The number of nitrogens with one attached hydrogen (secondary N) is 1. The summed E-state index contributed by atoms with van der Waals surface area (Å²) < 4.78 is 2.27. The molecule has 0 aliphatic carbocycles. The molecule has 6 nitrogen and oxygen atoms in total. The van der Waals surface area contributed by atoms with Crippen molar-refractivity contribution in [3.05, 3.63) is 5.82 Å². The maximum atomic E-state index is 4.80. The number of aromatic nitrogens is 3. The quantitative estimate of drug-likeness (QED) is 0.204. The standard InChI is InChI=1S/C17H32N6S.HI/c1-5-18-16(22-11-6-7-12-22)19-10-8-9-15-20-21-17(24-4)23(15)13-14(2)3;/h14H,5-13H2,1-4H3,(H,18,19);1H. The lowest BCUT2D eigenvalue weighted by atomic mass is 10.2.